The number of unbranched alkanes of at least 4 members (excludes halogenated alkanes) is 2. The maximum Gasteiger partial charge on any atom is 0.222 e. The third-order valence-corrected chi connectivity index (χ3v) is 6.31. The molecule has 1 N–H and O–H groups in total. The van der Waals surface area contributed by atoms with E-state index in [4.69, 9.17) is 0 Å². The molecule has 0 aliphatic heterocycles. The summed E-state index contributed by atoms with van der Waals surface area (Å²) in [5.74, 6) is 0.950. The van der Waals surface area contributed by atoms with Crippen molar-refractivity contribution in [1.29, 1.82) is 0 Å². The van der Waals surface area contributed by atoms with E-state index in [1.165, 1.54) is 24.2 Å². The normalized spacial score (nSPS) is 13.6. The Balaban J connectivity index is 2.24. The molecule has 166 valence electrons. The number of carbonyl (C=O) groups is 1. The van der Waals surface area contributed by atoms with Gasteiger partial charge in [0.2, 0.25) is 5.91 Å². The summed E-state index contributed by atoms with van der Waals surface area (Å²) in [4.78, 5) is 16.0. The van der Waals surface area contributed by atoms with E-state index in [9.17, 15) is 4.79 Å². The predicted octanol–water partition coefficient (Wildman–Crippen LogP) is 5.31. The molecule has 0 aliphatic rings. The molecule has 1 aromatic carbocycles. The van der Waals surface area contributed by atoms with Crippen molar-refractivity contribution in [3.63, 3.8) is 0 Å². The maximum absolute atomic E-state index is 12.2. The molecule has 2 unspecified atom stereocenters. The molecule has 0 aromatic heterocycles. The summed E-state index contributed by atoms with van der Waals surface area (Å²) in [7, 11) is 2.17. The number of nitrogens with one attached hydrogen (secondary N) is 1. The summed E-state index contributed by atoms with van der Waals surface area (Å²) in [5.41, 5.74) is 0. The highest BCUT2D eigenvalue weighted by Gasteiger charge is 2.15. The molecule has 0 saturated heterocycles. The van der Waals surface area contributed by atoms with Crippen molar-refractivity contribution < 1.29 is 4.79 Å². The van der Waals surface area contributed by atoms with E-state index >= 15 is 0 Å². The number of hydrogen-bond acceptors (Lipinski definition) is 4. The lowest BCUT2D eigenvalue weighted by molar-refractivity contribution is -0.124. The second-order valence-electron chi connectivity index (χ2n) is 8.23. The van der Waals surface area contributed by atoms with Crippen LogP contribution in [0, 0.1) is 11.8 Å². The Labute approximate surface area is 183 Å². The van der Waals surface area contributed by atoms with Gasteiger partial charge in [-0.1, -0.05) is 58.7 Å². The summed E-state index contributed by atoms with van der Waals surface area (Å²) >= 11 is 1.81. The zero-order valence-corrected chi connectivity index (χ0v) is 20.1. The minimum atomic E-state index is 0.0940. The Morgan fingerprint density at radius 3 is 2.41 bits per heavy atom. The number of amides is 1. The fourth-order valence-electron chi connectivity index (χ4n) is 3.33. The van der Waals surface area contributed by atoms with Crippen LogP contribution in [-0.2, 0) is 4.79 Å². The Morgan fingerprint density at radius 1 is 1.07 bits per heavy atom. The minimum Gasteiger partial charge on any atom is -0.356 e. The maximum atomic E-state index is 12.2. The molecule has 0 aliphatic carbocycles. The molecule has 0 radical (unpaired) electrons. The van der Waals surface area contributed by atoms with Crippen molar-refractivity contribution >= 4 is 17.9 Å². The van der Waals surface area contributed by atoms with Gasteiger partial charge in [0.1, 0.15) is 0 Å². The van der Waals surface area contributed by atoms with Crippen LogP contribution in [0.5, 0.6) is 0 Å². The van der Waals surface area contributed by atoms with Gasteiger partial charge in [-0.05, 0) is 75.9 Å². The minimum absolute atomic E-state index is 0.0940. The molecule has 29 heavy (non-hydrogen) atoms. The quantitative estimate of drug-likeness (QED) is 0.290. The molecular formula is C24H43N3OS. The number of rotatable bonds is 16. The molecule has 1 aromatic rings. The average molecular weight is 422 g/mol. The van der Waals surface area contributed by atoms with Crippen molar-refractivity contribution in [1.82, 2.24) is 14.5 Å². The van der Waals surface area contributed by atoms with Gasteiger partial charge in [0, 0.05) is 23.9 Å². The number of hydrogen-bond donors (Lipinski definition) is 1. The van der Waals surface area contributed by atoms with Gasteiger partial charge < -0.3 is 10.2 Å². The summed E-state index contributed by atoms with van der Waals surface area (Å²) in [5, 5.41) is 3.09. The first kappa shape index (κ1) is 26.0. The van der Waals surface area contributed by atoms with Crippen LogP contribution in [0.25, 0.3) is 0 Å². The lowest BCUT2D eigenvalue weighted by Gasteiger charge is -2.25. The van der Waals surface area contributed by atoms with Gasteiger partial charge in [-0.2, -0.15) is 0 Å². The van der Waals surface area contributed by atoms with Crippen LogP contribution in [0.1, 0.15) is 59.8 Å². The van der Waals surface area contributed by atoms with E-state index in [1.54, 1.807) is 0 Å². The molecule has 1 amide bonds. The van der Waals surface area contributed by atoms with Crippen LogP contribution in [0.15, 0.2) is 35.2 Å². The second kappa shape index (κ2) is 15.8. The number of carbonyl (C=O) groups excluding carboxylic acids is 1. The molecule has 1 rings (SSSR count). The third kappa shape index (κ3) is 12.3. The average Bonchev–Trinajstić information content (AvgIpc) is 2.71. The van der Waals surface area contributed by atoms with Gasteiger partial charge in [-0.25, -0.2) is 4.31 Å². The molecule has 0 spiro atoms. The largest absolute Gasteiger partial charge is 0.356 e. The molecule has 0 fully saturated rings. The Morgan fingerprint density at radius 2 is 1.76 bits per heavy atom. The van der Waals surface area contributed by atoms with Crippen molar-refractivity contribution in [2.75, 3.05) is 39.8 Å². The van der Waals surface area contributed by atoms with Crippen molar-refractivity contribution in [3.8, 4) is 0 Å². The van der Waals surface area contributed by atoms with Crippen molar-refractivity contribution in [2.24, 2.45) is 11.8 Å². The van der Waals surface area contributed by atoms with E-state index < -0.39 is 0 Å². The smallest absolute Gasteiger partial charge is 0.222 e. The fraction of sp³-hybridized carbons (Fsp3) is 0.708. The van der Waals surface area contributed by atoms with Gasteiger partial charge in [-0.3, -0.25) is 4.79 Å². The van der Waals surface area contributed by atoms with Crippen molar-refractivity contribution in [2.45, 2.75) is 64.7 Å². The molecule has 2 atom stereocenters. The highest BCUT2D eigenvalue weighted by Crippen LogP contribution is 2.22. The van der Waals surface area contributed by atoms with E-state index in [0.29, 0.717) is 5.92 Å². The zero-order valence-electron chi connectivity index (χ0n) is 19.3. The van der Waals surface area contributed by atoms with Gasteiger partial charge in [-0.15, -0.1) is 0 Å². The Bertz CT molecular complexity index is 540. The van der Waals surface area contributed by atoms with Crippen LogP contribution in [0.2, 0.25) is 0 Å². The van der Waals surface area contributed by atoms with Gasteiger partial charge in [0.05, 0.1) is 0 Å². The lowest BCUT2D eigenvalue weighted by Crippen LogP contribution is -2.34. The highest BCUT2D eigenvalue weighted by atomic mass is 32.2. The first-order valence-corrected chi connectivity index (χ1v) is 12.2. The molecule has 0 saturated carbocycles. The van der Waals surface area contributed by atoms with E-state index in [1.807, 2.05) is 11.9 Å². The first-order valence-electron chi connectivity index (χ1n) is 11.4. The van der Waals surface area contributed by atoms with Crippen LogP contribution < -0.4 is 5.32 Å². The number of benzene rings is 1. The van der Waals surface area contributed by atoms with Gasteiger partial charge in [0.25, 0.3) is 0 Å². The Hall–Kier alpha value is -1.04. The summed E-state index contributed by atoms with van der Waals surface area (Å²) in [6, 6.07) is 10.6. The van der Waals surface area contributed by atoms with E-state index in [0.717, 1.165) is 45.6 Å². The van der Waals surface area contributed by atoms with Crippen LogP contribution >= 0.6 is 11.9 Å². The van der Waals surface area contributed by atoms with E-state index in [-0.39, 0.29) is 11.8 Å². The SMILES string of the molecule is CCCCCNC(=O)C(C)CCN(CC)CCC(C)CN(C)Sc1ccccc1. The predicted molar refractivity (Wildman–Crippen MR) is 127 cm³/mol. The van der Waals surface area contributed by atoms with Crippen molar-refractivity contribution in [3.05, 3.63) is 30.3 Å². The van der Waals surface area contributed by atoms with Crippen LogP contribution in [-0.4, -0.2) is 54.9 Å². The monoisotopic (exact) mass is 421 g/mol. The second-order valence-corrected chi connectivity index (χ2v) is 9.51. The first-order chi connectivity index (χ1) is 14.0. The zero-order chi connectivity index (χ0) is 21.5. The highest BCUT2D eigenvalue weighted by molar-refractivity contribution is 7.97. The van der Waals surface area contributed by atoms with Gasteiger partial charge in [0.15, 0.2) is 0 Å². The van der Waals surface area contributed by atoms with Crippen LogP contribution in [0.3, 0.4) is 0 Å². The standard InChI is InChI=1S/C24H43N3OS/c1-6-8-12-17-25-24(28)22(4)16-19-27(7-2)18-15-21(3)20-26(5)29-23-13-10-9-11-14-23/h9-11,13-14,21-22H,6-8,12,15-20H2,1-5H3,(H,25,28). The van der Waals surface area contributed by atoms with Crippen LogP contribution in [0.4, 0.5) is 0 Å². The lowest BCUT2D eigenvalue weighted by atomic mass is 10.1. The Kier molecular flexibility index (Phi) is 14.1. The van der Waals surface area contributed by atoms with E-state index in [2.05, 4.69) is 79.6 Å². The molecule has 4 nitrogen and oxygen atoms in total. The summed E-state index contributed by atoms with van der Waals surface area (Å²) in [6.07, 6.45) is 5.59. The summed E-state index contributed by atoms with van der Waals surface area (Å²) < 4.78 is 2.33. The number of nitrogens with zero attached hydrogens (tertiary/aromatic N) is 2. The topological polar surface area (TPSA) is 35.6 Å². The molecule has 5 heteroatoms. The third-order valence-electron chi connectivity index (χ3n) is 5.36. The molecular weight excluding hydrogens is 378 g/mol. The molecule has 0 bridgehead atoms. The molecule has 0 heterocycles. The van der Waals surface area contributed by atoms with Gasteiger partial charge >= 0.3 is 0 Å². The summed E-state index contributed by atoms with van der Waals surface area (Å²) in [6.45, 7) is 13.8. The fourth-order valence-corrected chi connectivity index (χ4v) is 4.30.